The third-order valence-electron chi connectivity index (χ3n) is 5.62. The van der Waals surface area contributed by atoms with E-state index in [9.17, 15) is 4.79 Å². The Morgan fingerprint density at radius 1 is 1.03 bits per heavy atom. The summed E-state index contributed by atoms with van der Waals surface area (Å²) in [6.07, 6.45) is 2.84. The first kappa shape index (κ1) is 20.2. The maximum Gasteiger partial charge on any atom is 0.225 e. The quantitative estimate of drug-likeness (QED) is 0.554. The highest BCUT2D eigenvalue weighted by Gasteiger charge is 2.29. The Morgan fingerprint density at radius 3 is 2.60 bits per heavy atom. The molecule has 0 unspecified atom stereocenters. The van der Waals surface area contributed by atoms with Crippen molar-refractivity contribution in [3.63, 3.8) is 0 Å². The van der Waals surface area contributed by atoms with Gasteiger partial charge in [0, 0.05) is 31.6 Å². The topological polar surface area (TPSA) is 50.8 Å². The standard InChI is InChI=1S/C25H28N2O3/c1-29-21-12-13-24(30-2)23(16-21)26-25(28)14-15-27(20-10-11-20)17-19-8-5-7-18-6-3-4-9-22(18)19/h3-9,12-13,16,20H,10-11,14-15,17H2,1-2H3,(H,26,28). The van der Waals surface area contributed by atoms with Crippen molar-refractivity contribution in [3.8, 4) is 11.5 Å². The van der Waals surface area contributed by atoms with Gasteiger partial charge in [-0.05, 0) is 41.3 Å². The third kappa shape index (κ3) is 4.74. The number of fused-ring (bicyclic) bond motifs is 1. The average molecular weight is 405 g/mol. The Balaban J connectivity index is 1.42. The molecular weight excluding hydrogens is 376 g/mol. The second-order valence-electron chi connectivity index (χ2n) is 7.70. The molecule has 1 N–H and O–H groups in total. The van der Waals surface area contributed by atoms with Crippen LogP contribution in [0.15, 0.2) is 60.7 Å². The van der Waals surface area contributed by atoms with Gasteiger partial charge in [-0.1, -0.05) is 42.5 Å². The molecule has 1 saturated carbocycles. The number of nitrogens with zero attached hydrogens (tertiary/aromatic N) is 1. The summed E-state index contributed by atoms with van der Waals surface area (Å²) in [5.74, 6) is 1.28. The van der Waals surface area contributed by atoms with Crippen molar-refractivity contribution < 1.29 is 14.3 Å². The molecule has 30 heavy (non-hydrogen) atoms. The van der Waals surface area contributed by atoms with Crippen LogP contribution < -0.4 is 14.8 Å². The van der Waals surface area contributed by atoms with Gasteiger partial charge >= 0.3 is 0 Å². The molecule has 0 spiro atoms. The Labute approximate surface area is 177 Å². The SMILES string of the molecule is COc1ccc(OC)c(NC(=O)CCN(Cc2cccc3ccccc23)C2CC2)c1. The first-order chi connectivity index (χ1) is 14.7. The fourth-order valence-corrected chi connectivity index (χ4v) is 3.85. The molecule has 1 amide bonds. The van der Waals surface area contributed by atoms with Gasteiger partial charge in [-0.15, -0.1) is 0 Å². The molecule has 3 aromatic rings. The predicted octanol–water partition coefficient (Wildman–Crippen LogP) is 4.85. The molecule has 0 radical (unpaired) electrons. The van der Waals surface area contributed by atoms with Crippen LogP contribution in [0.2, 0.25) is 0 Å². The van der Waals surface area contributed by atoms with Crippen LogP contribution in [0, 0.1) is 0 Å². The van der Waals surface area contributed by atoms with E-state index >= 15 is 0 Å². The van der Waals surface area contributed by atoms with Gasteiger partial charge in [0.15, 0.2) is 0 Å². The molecule has 5 nitrogen and oxygen atoms in total. The van der Waals surface area contributed by atoms with Crippen molar-refractivity contribution in [1.29, 1.82) is 0 Å². The van der Waals surface area contributed by atoms with Gasteiger partial charge in [-0.2, -0.15) is 0 Å². The van der Waals surface area contributed by atoms with E-state index < -0.39 is 0 Å². The molecule has 1 fully saturated rings. The van der Waals surface area contributed by atoms with Crippen LogP contribution in [0.5, 0.6) is 11.5 Å². The number of rotatable bonds is 9. The Hall–Kier alpha value is -3.05. The minimum Gasteiger partial charge on any atom is -0.497 e. The summed E-state index contributed by atoms with van der Waals surface area (Å²) in [5, 5.41) is 5.52. The number of benzene rings is 3. The van der Waals surface area contributed by atoms with Gasteiger partial charge in [0.2, 0.25) is 5.91 Å². The summed E-state index contributed by atoms with van der Waals surface area (Å²) in [6.45, 7) is 1.59. The smallest absolute Gasteiger partial charge is 0.225 e. The molecule has 4 rings (SSSR count). The van der Waals surface area contributed by atoms with Crippen LogP contribution in [0.4, 0.5) is 5.69 Å². The van der Waals surface area contributed by atoms with E-state index in [-0.39, 0.29) is 5.91 Å². The third-order valence-corrected chi connectivity index (χ3v) is 5.62. The maximum absolute atomic E-state index is 12.7. The summed E-state index contributed by atoms with van der Waals surface area (Å²) in [4.78, 5) is 15.1. The van der Waals surface area contributed by atoms with E-state index in [1.807, 2.05) is 6.07 Å². The van der Waals surface area contributed by atoms with Crippen LogP contribution >= 0.6 is 0 Å². The lowest BCUT2D eigenvalue weighted by atomic mass is 10.0. The minimum absolute atomic E-state index is 0.0230. The molecule has 1 aliphatic carbocycles. The van der Waals surface area contributed by atoms with Gasteiger partial charge in [-0.25, -0.2) is 0 Å². The highest BCUT2D eigenvalue weighted by Crippen LogP contribution is 2.31. The molecule has 0 saturated heterocycles. The van der Waals surface area contributed by atoms with Gasteiger partial charge in [0.05, 0.1) is 19.9 Å². The lowest BCUT2D eigenvalue weighted by Gasteiger charge is -2.23. The zero-order chi connectivity index (χ0) is 20.9. The van der Waals surface area contributed by atoms with Crippen LogP contribution in [-0.4, -0.2) is 37.6 Å². The summed E-state index contributed by atoms with van der Waals surface area (Å²) < 4.78 is 10.6. The Kier molecular flexibility index (Phi) is 6.19. The number of amides is 1. The molecule has 1 aliphatic rings. The van der Waals surface area contributed by atoms with E-state index in [0.29, 0.717) is 29.6 Å². The van der Waals surface area contributed by atoms with Crippen molar-refractivity contribution in [3.05, 3.63) is 66.2 Å². The van der Waals surface area contributed by atoms with Crippen molar-refractivity contribution >= 4 is 22.4 Å². The first-order valence-corrected chi connectivity index (χ1v) is 10.4. The second kappa shape index (κ2) is 9.18. The van der Waals surface area contributed by atoms with Crippen LogP contribution in [-0.2, 0) is 11.3 Å². The maximum atomic E-state index is 12.7. The van der Waals surface area contributed by atoms with Crippen molar-refractivity contribution in [2.24, 2.45) is 0 Å². The summed E-state index contributed by atoms with van der Waals surface area (Å²) in [5.41, 5.74) is 1.95. The van der Waals surface area contributed by atoms with E-state index in [4.69, 9.17) is 9.47 Å². The second-order valence-corrected chi connectivity index (χ2v) is 7.70. The number of carbonyl (C=O) groups is 1. The minimum atomic E-state index is -0.0230. The number of hydrogen-bond acceptors (Lipinski definition) is 4. The fraction of sp³-hybridized carbons (Fsp3) is 0.320. The van der Waals surface area contributed by atoms with Gasteiger partial charge < -0.3 is 14.8 Å². The zero-order valence-electron chi connectivity index (χ0n) is 17.6. The van der Waals surface area contributed by atoms with Crippen LogP contribution in [0.25, 0.3) is 10.8 Å². The van der Waals surface area contributed by atoms with Crippen LogP contribution in [0.3, 0.4) is 0 Å². The molecular formula is C25H28N2O3. The number of nitrogens with one attached hydrogen (secondary N) is 1. The van der Waals surface area contributed by atoms with E-state index in [1.54, 1.807) is 26.4 Å². The number of ether oxygens (including phenoxy) is 2. The summed E-state index contributed by atoms with van der Waals surface area (Å²) in [6, 6.07) is 20.9. The van der Waals surface area contributed by atoms with Crippen molar-refractivity contribution in [1.82, 2.24) is 4.90 Å². The molecule has 0 aromatic heterocycles. The average Bonchev–Trinajstić information content (AvgIpc) is 3.62. The van der Waals surface area contributed by atoms with Gasteiger partial charge in [-0.3, -0.25) is 9.69 Å². The molecule has 3 aromatic carbocycles. The number of carbonyl (C=O) groups excluding carboxylic acids is 1. The summed E-state index contributed by atoms with van der Waals surface area (Å²) >= 11 is 0. The highest BCUT2D eigenvalue weighted by molar-refractivity contribution is 5.92. The van der Waals surface area contributed by atoms with E-state index in [0.717, 1.165) is 13.1 Å². The van der Waals surface area contributed by atoms with Gasteiger partial charge in [0.1, 0.15) is 11.5 Å². The molecule has 0 bridgehead atoms. The molecule has 0 heterocycles. The number of hydrogen-bond donors (Lipinski definition) is 1. The fourth-order valence-electron chi connectivity index (χ4n) is 3.85. The highest BCUT2D eigenvalue weighted by atomic mass is 16.5. The Morgan fingerprint density at radius 2 is 1.83 bits per heavy atom. The lowest BCUT2D eigenvalue weighted by molar-refractivity contribution is -0.116. The van der Waals surface area contributed by atoms with Crippen molar-refractivity contribution in [2.45, 2.75) is 31.8 Å². The van der Waals surface area contributed by atoms with E-state index in [2.05, 4.69) is 52.7 Å². The van der Waals surface area contributed by atoms with Crippen LogP contribution in [0.1, 0.15) is 24.8 Å². The Bertz CT molecular complexity index is 1020. The monoisotopic (exact) mass is 404 g/mol. The molecule has 5 heteroatoms. The zero-order valence-corrected chi connectivity index (χ0v) is 17.6. The number of anilines is 1. The molecule has 156 valence electrons. The van der Waals surface area contributed by atoms with E-state index in [1.165, 1.54) is 29.2 Å². The first-order valence-electron chi connectivity index (χ1n) is 10.4. The largest absolute Gasteiger partial charge is 0.497 e. The lowest BCUT2D eigenvalue weighted by Crippen LogP contribution is -2.29. The normalized spacial score (nSPS) is 13.4. The predicted molar refractivity (Wildman–Crippen MR) is 120 cm³/mol. The molecule has 0 atom stereocenters. The summed E-state index contributed by atoms with van der Waals surface area (Å²) in [7, 11) is 3.20. The van der Waals surface area contributed by atoms with Crippen molar-refractivity contribution in [2.75, 3.05) is 26.1 Å². The van der Waals surface area contributed by atoms with Gasteiger partial charge in [0.25, 0.3) is 0 Å². The number of methoxy groups -OCH3 is 2. The molecule has 0 aliphatic heterocycles.